The summed E-state index contributed by atoms with van der Waals surface area (Å²) in [5.41, 5.74) is 0.803. The van der Waals surface area contributed by atoms with E-state index in [-0.39, 0.29) is 28.5 Å². The Morgan fingerprint density at radius 3 is 2.68 bits per heavy atom. The van der Waals surface area contributed by atoms with Crippen LogP contribution in [0.2, 0.25) is 0 Å². The predicted octanol–water partition coefficient (Wildman–Crippen LogP) is 5.27. The number of anilines is 1. The molecule has 0 saturated carbocycles. The lowest BCUT2D eigenvalue weighted by molar-refractivity contribution is 0.0828. The van der Waals surface area contributed by atoms with Gasteiger partial charge in [0.1, 0.15) is 29.4 Å². The molecular weight excluding hydrogens is 519 g/mol. The van der Waals surface area contributed by atoms with Gasteiger partial charge in [-0.05, 0) is 68.6 Å². The minimum Gasteiger partial charge on any atom is -0.508 e. The molecule has 0 spiro atoms. The van der Waals surface area contributed by atoms with Crippen LogP contribution in [0.5, 0.6) is 11.8 Å². The lowest BCUT2D eigenvalue weighted by atomic mass is 9.92. The highest BCUT2D eigenvalue weighted by molar-refractivity contribution is 5.99. The number of piperazine rings is 1. The molecule has 2 aromatic carbocycles. The maximum absolute atomic E-state index is 16.6. The summed E-state index contributed by atoms with van der Waals surface area (Å²) >= 11 is 0. The molecule has 3 atom stereocenters. The zero-order valence-electron chi connectivity index (χ0n) is 23.7. The average Bonchev–Trinajstić information content (AvgIpc) is 3.51. The number of phenolic OH excluding ortho intramolecular Hbond substituents is 1. The fourth-order valence-electron chi connectivity index (χ4n) is 7.28. The van der Waals surface area contributed by atoms with Crippen LogP contribution >= 0.6 is 0 Å². The van der Waals surface area contributed by atoms with E-state index in [1.807, 2.05) is 24.3 Å². The number of rotatable bonds is 7. The Kier molecular flexibility index (Phi) is 6.66. The van der Waals surface area contributed by atoms with E-state index in [2.05, 4.69) is 39.1 Å². The molecule has 3 saturated heterocycles. The molecular formula is C32H37FN6O2. The largest absolute Gasteiger partial charge is 0.508 e. The van der Waals surface area contributed by atoms with Crippen molar-refractivity contribution in [3.05, 3.63) is 48.4 Å². The molecule has 2 N–H and O–H groups in total. The van der Waals surface area contributed by atoms with Crippen LogP contribution in [0, 0.1) is 5.82 Å². The van der Waals surface area contributed by atoms with E-state index in [1.54, 1.807) is 18.3 Å². The first kappa shape index (κ1) is 26.3. The van der Waals surface area contributed by atoms with Crippen LogP contribution in [0.25, 0.3) is 32.9 Å². The van der Waals surface area contributed by atoms with E-state index in [1.165, 1.54) is 0 Å². The van der Waals surface area contributed by atoms with Crippen LogP contribution < -0.4 is 15.0 Å². The maximum atomic E-state index is 16.6. The molecule has 214 valence electrons. The van der Waals surface area contributed by atoms with Crippen molar-refractivity contribution >= 4 is 27.5 Å². The first-order chi connectivity index (χ1) is 19.9. The number of nitrogens with zero attached hydrogens (tertiary/aromatic N) is 5. The number of likely N-dealkylation sites (N-methyl/N-ethyl adjacent to an activating group) is 1. The normalized spacial score (nSPS) is 24.5. The maximum Gasteiger partial charge on any atom is 0.319 e. The molecule has 3 aliphatic rings. The fraction of sp³-hybridized carbons (Fsp3) is 0.469. The van der Waals surface area contributed by atoms with Gasteiger partial charge in [-0.1, -0.05) is 37.6 Å². The molecule has 0 amide bonds. The number of halogens is 1. The van der Waals surface area contributed by atoms with Crippen molar-refractivity contribution in [1.29, 1.82) is 0 Å². The Balaban J connectivity index is 1.35. The van der Waals surface area contributed by atoms with Crippen LogP contribution in [-0.2, 0) is 0 Å². The number of hydrogen-bond acceptors (Lipinski definition) is 8. The van der Waals surface area contributed by atoms with Gasteiger partial charge in [-0.15, -0.1) is 0 Å². The van der Waals surface area contributed by atoms with Crippen LogP contribution in [0.1, 0.15) is 45.4 Å². The summed E-state index contributed by atoms with van der Waals surface area (Å²) in [6.07, 6.45) is 8.21. The third-order valence-corrected chi connectivity index (χ3v) is 9.39. The van der Waals surface area contributed by atoms with Gasteiger partial charge in [0.25, 0.3) is 0 Å². The number of pyridine rings is 1. The first-order valence-corrected chi connectivity index (χ1v) is 14.9. The third-order valence-electron chi connectivity index (χ3n) is 9.39. The van der Waals surface area contributed by atoms with E-state index >= 15 is 4.39 Å². The van der Waals surface area contributed by atoms with Gasteiger partial charge in [0.05, 0.1) is 10.9 Å². The number of aromatic nitrogens is 3. The number of likely N-dealkylation sites (tertiary alicyclic amines) is 1. The highest BCUT2D eigenvalue weighted by Gasteiger charge is 2.39. The topological polar surface area (TPSA) is 86.6 Å². The second-order valence-corrected chi connectivity index (χ2v) is 12.1. The molecule has 2 bridgehead atoms. The monoisotopic (exact) mass is 556 g/mol. The third kappa shape index (κ3) is 4.65. The van der Waals surface area contributed by atoms with E-state index in [9.17, 15) is 5.11 Å². The quantitative estimate of drug-likeness (QED) is 0.318. The number of aromatic hydroxyl groups is 1. The van der Waals surface area contributed by atoms with Crippen molar-refractivity contribution in [2.24, 2.45) is 0 Å². The van der Waals surface area contributed by atoms with E-state index in [0.29, 0.717) is 35.5 Å². The fourth-order valence-corrected chi connectivity index (χ4v) is 7.28. The molecule has 3 aliphatic heterocycles. The number of ether oxygens (including phenoxy) is 1. The van der Waals surface area contributed by atoms with Gasteiger partial charge in [-0.3, -0.25) is 9.88 Å². The van der Waals surface area contributed by atoms with Gasteiger partial charge < -0.3 is 20.1 Å². The molecule has 9 heteroatoms. The first-order valence-electron chi connectivity index (χ1n) is 14.9. The molecule has 3 fully saturated rings. The number of fused-ring (bicyclic) bond motifs is 4. The van der Waals surface area contributed by atoms with Gasteiger partial charge >= 0.3 is 6.01 Å². The van der Waals surface area contributed by atoms with E-state index in [4.69, 9.17) is 9.72 Å². The van der Waals surface area contributed by atoms with Gasteiger partial charge in [-0.2, -0.15) is 9.97 Å². The molecule has 5 heterocycles. The summed E-state index contributed by atoms with van der Waals surface area (Å²) in [6.45, 7) is 5.30. The summed E-state index contributed by atoms with van der Waals surface area (Å²) in [5.74, 6) is 0.197. The van der Waals surface area contributed by atoms with Crippen LogP contribution in [-0.4, -0.2) is 75.9 Å². The predicted molar refractivity (Wildman–Crippen MR) is 159 cm³/mol. The molecule has 0 aliphatic carbocycles. The van der Waals surface area contributed by atoms with Gasteiger partial charge in [-0.25, -0.2) is 4.39 Å². The number of benzene rings is 2. The Hall–Kier alpha value is -3.56. The molecule has 7 rings (SSSR count). The Labute approximate surface area is 239 Å². The second kappa shape index (κ2) is 10.4. The van der Waals surface area contributed by atoms with Gasteiger partial charge in [0, 0.05) is 36.9 Å². The zero-order valence-corrected chi connectivity index (χ0v) is 23.7. The minimum atomic E-state index is -0.536. The van der Waals surface area contributed by atoms with Crippen molar-refractivity contribution in [1.82, 2.24) is 25.2 Å². The lowest BCUT2D eigenvalue weighted by Crippen LogP contribution is -2.51. The van der Waals surface area contributed by atoms with Crippen molar-refractivity contribution in [3.8, 4) is 23.0 Å². The van der Waals surface area contributed by atoms with E-state index in [0.717, 1.165) is 68.9 Å². The molecule has 4 aromatic rings. The van der Waals surface area contributed by atoms with Crippen molar-refractivity contribution in [2.75, 3.05) is 38.2 Å². The number of phenols is 1. The number of hydrogen-bond donors (Lipinski definition) is 2. The molecule has 0 radical (unpaired) electrons. The highest BCUT2D eigenvalue weighted by Crippen LogP contribution is 2.38. The summed E-state index contributed by atoms with van der Waals surface area (Å²) < 4.78 is 23.0. The SMILES string of the molecule is CCCC1(COc2nc(N3CC4CCC(C3)N4)c3cnc(-c4cc(O)cc5ccccc45)c(F)c3n2)CCCN1C. The lowest BCUT2D eigenvalue weighted by Gasteiger charge is -2.36. The highest BCUT2D eigenvalue weighted by atomic mass is 19.1. The summed E-state index contributed by atoms with van der Waals surface area (Å²) in [5, 5.41) is 16.3. The Bertz CT molecular complexity index is 1600. The minimum absolute atomic E-state index is 0.0607. The van der Waals surface area contributed by atoms with Gasteiger partial charge in [0.15, 0.2) is 5.82 Å². The molecule has 2 aromatic heterocycles. The van der Waals surface area contributed by atoms with Gasteiger partial charge in [0.2, 0.25) is 0 Å². The summed E-state index contributed by atoms with van der Waals surface area (Å²) in [6, 6.07) is 11.8. The van der Waals surface area contributed by atoms with Crippen LogP contribution in [0.4, 0.5) is 10.2 Å². The van der Waals surface area contributed by atoms with Crippen molar-refractivity contribution in [2.45, 2.75) is 63.1 Å². The molecule has 3 unspecified atom stereocenters. The number of nitrogens with one attached hydrogen (secondary N) is 1. The van der Waals surface area contributed by atoms with Crippen molar-refractivity contribution < 1.29 is 14.2 Å². The van der Waals surface area contributed by atoms with Crippen LogP contribution in [0.15, 0.2) is 42.6 Å². The van der Waals surface area contributed by atoms with Crippen LogP contribution in [0.3, 0.4) is 0 Å². The Morgan fingerprint density at radius 2 is 1.93 bits per heavy atom. The average molecular weight is 557 g/mol. The standard InChI is InChI=1S/C32H37FN6O2/c1-3-11-32(12-6-13-38(32)2)19-41-31-36-29-26(30(37-31)39-17-21-9-10-22(18-39)35-21)16-34-28(27(29)33)25-15-23(40)14-20-7-4-5-8-24(20)25/h4-5,7-8,14-16,21-22,35,40H,3,6,9-13,17-19H2,1-2H3. The molecule has 8 nitrogen and oxygen atoms in total. The molecule has 41 heavy (non-hydrogen) atoms. The summed E-state index contributed by atoms with van der Waals surface area (Å²) in [7, 11) is 2.16. The van der Waals surface area contributed by atoms with Crippen molar-refractivity contribution in [3.63, 3.8) is 0 Å². The van der Waals surface area contributed by atoms with E-state index < -0.39 is 5.82 Å². The Morgan fingerprint density at radius 1 is 1.12 bits per heavy atom. The second-order valence-electron chi connectivity index (χ2n) is 12.1. The smallest absolute Gasteiger partial charge is 0.319 e. The zero-order chi connectivity index (χ0) is 28.1. The summed E-state index contributed by atoms with van der Waals surface area (Å²) in [4.78, 5) is 18.8.